The molecule has 1 fully saturated rings. The lowest BCUT2D eigenvalue weighted by Crippen LogP contribution is -2.34. The van der Waals surface area contributed by atoms with Crippen LogP contribution < -0.4 is 0 Å². The van der Waals surface area contributed by atoms with Gasteiger partial charge in [0.15, 0.2) is 5.69 Å². The van der Waals surface area contributed by atoms with Gasteiger partial charge >= 0.3 is 5.97 Å². The maximum Gasteiger partial charge on any atom is 0.358 e. The number of nitrogens with zero attached hydrogens (tertiary/aromatic N) is 4. The molecule has 0 unspecified atom stereocenters. The van der Waals surface area contributed by atoms with Gasteiger partial charge in [0.2, 0.25) is 5.91 Å². The Balaban J connectivity index is 1.77. The molecule has 0 bridgehead atoms. The third kappa shape index (κ3) is 3.27. The van der Waals surface area contributed by atoms with Crippen molar-refractivity contribution in [1.82, 2.24) is 19.9 Å². The van der Waals surface area contributed by atoms with Crippen LogP contribution in [0.1, 0.15) is 35.4 Å². The summed E-state index contributed by atoms with van der Waals surface area (Å²) in [5.41, 5.74) is 0.553. The van der Waals surface area contributed by atoms with E-state index in [9.17, 15) is 14.0 Å². The summed E-state index contributed by atoms with van der Waals surface area (Å²) in [5.74, 6) is -1.43. The average Bonchev–Trinajstić information content (AvgIpc) is 3.14. The Bertz CT molecular complexity index is 776. The zero-order valence-electron chi connectivity index (χ0n) is 13.1. The number of carbonyl (C=O) groups excluding carboxylic acids is 1. The number of carboxylic acids is 1. The Hall–Kier alpha value is -2.77. The maximum atomic E-state index is 13.5. The summed E-state index contributed by atoms with van der Waals surface area (Å²) in [7, 11) is 0. The van der Waals surface area contributed by atoms with Crippen LogP contribution in [0.15, 0.2) is 30.5 Å². The summed E-state index contributed by atoms with van der Waals surface area (Å²) in [6.45, 7) is 2.51. The lowest BCUT2D eigenvalue weighted by molar-refractivity contribution is -0.133. The third-order valence-corrected chi connectivity index (χ3v) is 4.12. The minimum atomic E-state index is -1.19. The van der Waals surface area contributed by atoms with Gasteiger partial charge in [-0.25, -0.2) is 13.9 Å². The minimum absolute atomic E-state index is 0.0984. The number of amides is 1. The van der Waals surface area contributed by atoms with Crippen LogP contribution in [0.2, 0.25) is 0 Å². The number of aromatic carboxylic acids is 1. The second-order valence-corrected chi connectivity index (χ2v) is 6.06. The smallest absolute Gasteiger partial charge is 0.358 e. The van der Waals surface area contributed by atoms with Crippen molar-refractivity contribution < 1.29 is 19.1 Å². The zero-order valence-corrected chi connectivity index (χ0v) is 13.1. The first-order valence-corrected chi connectivity index (χ1v) is 7.62. The molecule has 0 radical (unpaired) electrons. The van der Waals surface area contributed by atoms with Gasteiger partial charge < -0.3 is 10.0 Å². The van der Waals surface area contributed by atoms with Gasteiger partial charge in [-0.2, -0.15) is 0 Å². The van der Waals surface area contributed by atoms with Gasteiger partial charge in [-0.15, -0.1) is 5.10 Å². The SMILES string of the molecule is C[C@@H]1C[C@@H](c2cccc(F)c2)N(C(=O)Cn2cc(C(=O)O)nn2)C1. The van der Waals surface area contributed by atoms with E-state index in [0.29, 0.717) is 12.5 Å². The predicted molar refractivity (Wildman–Crippen MR) is 81.6 cm³/mol. The minimum Gasteiger partial charge on any atom is -0.476 e. The molecule has 8 heteroatoms. The molecule has 24 heavy (non-hydrogen) atoms. The van der Waals surface area contributed by atoms with Crippen molar-refractivity contribution in [2.24, 2.45) is 5.92 Å². The molecule has 1 aromatic carbocycles. The van der Waals surface area contributed by atoms with Crippen molar-refractivity contribution in [2.45, 2.75) is 25.9 Å². The number of hydrogen-bond acceptors (Lipinski definition) is 4. The van der Waals surface area contributed by atoms with Crippen molar-refractivity contribution in [1.29, 1.82) is 0 Å². The number of likely N-dealkylation sites (tertiary alicyclic amines) is 1. The number of rotatable bonds is 4. The highest BCUT2D eigenvalue weighted by Gasteiger charge is 2.34. The van der Waals surface area contributed by atoms with Gasteiger partial charge in [0.1, 0.15) is 12.4 Å². The monoisotopic (exact) mass is 332 g/mol. The summed E-state index contributed by atoms with van der Waals surface area (Å²) in [6, 6.07) is 6.07. The van der Waals surface area contributed by atoms with E-state index in [1.165, 1.54) is 23.0 Å². The quantitative estimate of drug-likeness (QED) is 0.921. The van der Waals surface area contributed by atoms with E-state index in [4.69, 9.17) is 5.11 Å². The molecule has 0 spiro atoms. The number of hydrogen-bond donors (Lipinski definition) is 1. The topological polar surface area (TPSA) is 88.3 Å². The van der Waals surface area contributed by atoms with Crippen LogP contribution in [-0.4, -0.2) is 43.4 Å². The van der Waals surface area contributed by atoms with Crippen molar-refractivity contribution in [2.75, 3.05) is 6.54 Å². The number of carbonyl (C=O) groups is 2. The molecule has 1 aromatic heterocycles. The molecule has 2 atom stereocenters. The number of carboxylic acid groups (broad SMARTS) is 1. The molecule has 1 saturated heterocycles. The lowest BCUT2D eigenvalue weighted by atomic mass is 10.0. The molecule has 7 nitrogen and oxygen atoms in total. The molecule has 1 amide bonds. The number of benzene rings is 1. The predicted octanol–water partition coefficient (Wildman–Crippen LogP) is 1.73. The molecular weight excluding hydrogens is 315 g/mol. The molecule has 2 heterocycles. The maximum absolute atomic E-state index is 13.5. The van der Waals surface area contributed by atoms with Crippen LogP contribution in [-0.2, 0) is 11.3 Å². The fraction of sp³-hybridized carbons (Fsp3) is 0.375. The highest BCUT2D eigenvalue weighted by Crippen LogP contribution is 2.35. The van der Waals surface area contributed by atoms with E-state index >= 15 is 0 Å². The van der Waals surface area contributed by atoms with E-state index in [1.807, 2.05) is 13.0 Å². The van der Waals surface area contributed by atoms with Crippen LogP contribution in [0.4, 0.5) is 4.39 Å². The standard InChI is InChI=1S/C16H17FN4O3/c1-10-5-14(11-3-2-4-12(17)6-11)21(7-10)15(22)9-20-8-13(16(23)24)18-19-20/h2-4,6,8,10,14H,5,7,9H2,1H3,(H,23,24)/t10-,14+/m1/s1. The van der Waals surface area contributed by atoms with E-state index in [0.717, 1.165) is 12.0 Å². The van der Waals surface area contributed by atoms with Gasteiger partial charge in [-0.3, -0.25) is 4.79 Å². The second kappa shape index (κ2) is 6.38. The summed E-state index contributed by atoms with van der Waals surface area (Å²) in [4.78, 5) is 25.1. The van der Waals surface area contributed by atoms with E-state index in [2.05, 4.69) is 10.3 Å². The van der Waals surface area contributed by atoms with Crippen LogP contribution in [0.25, 0.3) is 0 Å². The fourth-order valence-corrected chi connectivity index (χ4v) is 3.05. The second-order valence-electron chi connectivity index (χ2n) is 6.06. The lowest BCUT2D eigenvalue weighted by Gasteiger charge is -2.25. The van der Waals surface area contributed by atoms with Crippen LogP contribution in [0.5, 0.6) is 0 Å². The van der Waals surface area contributed by atoms with E-state index in [1.54, 1.807) is 11.0 Å². The molecule has 0 aliphatic carbocycles. The zero-order chi connectivity index (χ0) is 17.3. The highest BCUT2D eigenvalue weighted by molar-refractivity contribution is 5.84. The van der Waals surface area contributed by atoms with Crippen molar-refractivity contribution >= 4 is 11.9 Å². The summed E-state index contributed by atoms with van der Waals surface area (Å²) in [5, 5.41) is 16.0. The van der Waals surface area contributed by atoms with Crippen molar-refractivity contribution in [3.8, 4) is 0 Å². The Morgan fingerprint density at radius 3 is 2.88 bits per heavy atom. The Morgan fingerprint density at radius 2 is 2.21 bits per heavy atom. The van der Waals surface area contributed by atoms with Crippen molar-refractivity contribution in [3.63, 3.8) is 0 Å². The fourth-order valence-electron chi connectivity index (χ4n) is 3.05. The first-order chi connectivity index (χ1) is 11.4. The van der Waals surface area contributed by atoms with Gasteiger partial charge in [0.25, 0.3) is 0 Å². The van der Waals surface area contributed by atoms with Crippen LogP contribution >= 0.6 is 0 Å². The summed E-state index contributed by atoms with van der Waals surface area (Å²) < 4.78 is 14.7. The van der Waals surface area contributed by atoms with Gasteiger partial charge in [-0.05, 0) is 30.0 Å². The Labute approximate surface area is 137 Å². The van der Waals surface area contributed by atoms with Crippen LogP contribution in [0.3, 0.4) is 0 Å². The molecule has 1 aliphatic heterocycles. The highest BCUT2D eigenvalue weighted by atomic mass is 19.1. The summed E-state index contributed by atoms with van der Waals surface area (Å²) in [6.07, 6.45) is 1.98. The first-order valence-electron chi connectivity index (χ1n) is 7.62. The molecule has 1 aliphatic rings. The molecule has 2 aromatic rings. The van der Waals surface area contributed by atoms with Gasteiger partial charge in [0, 0.05) is 6.54 Å². The Kier molecular flexibility index (Phi) is 4.28. The number of halogens is 1. The third-order valence-electron chi connectivity index (χ3n) is 4.12. The molecule has 3 rings (SSSR count). The summed E-state index contributed by atoms with van der Waals surface area (Å²) >= 11 is 0. The van der Waals surface area contributed by atoms with E-state index < -0.39 is 5.97 Å². The van der Waals surface area contributed by atoms with E-state index in [-0.39, 0.29) is 30.0 Å². The molecular formula is C16H17FN4O3. The molecule has 126 valence electrons. The first kappa shape index (κ1) is 16.1. The normalized spacial score (nSPS) is 20.3. The van der Waals surface area contributed by atoms with Crippen molar-refractivity contribution in [3.05, 3.63) is 47.5 Å². The van der Waals surface area contributed by atoms with Crippen LogP contribution in [0, 0.1) is 11.7 Å². The molecule has 1 N–H and O–H groups in total. The molecule has 0 saturated carbocycles. The number of aromatic nitrogens is 3. The Morgan fingerprint density at radius 1 is 1.42 bits per heavy atom. The van der Waals surface area contributed by atoms with Gasteiger partial charge in [-0.1, -0.05) is 24.3 Å². The average molecular weight is 332 g/mol. The largest absolute Gasteiger partial charge is 0.476 e. The van der Waals surface area contributed by atoms with Gasteiger partial charge in [0.05, 0.1) is 12.2 Å².